The zero-order valence-electron chi connectivity index (χ0n) is 16.6. The number of carbonyl (C=O) groups is 1. The zero-order valence-corrected chi connectivity index (χ0v) is 16.6. The van der Waals surface area contributed by atoms with Crippen LogP contribution in [-0.2, 0) is 0 Å². The number of H-pyrrole nitrogens is 1. The van der Waals surface area contributed by atoms with Gasteiger partial charge in [-0.2, -0.15) is 18.3 Å². The molecule has 0 bridgehead atoms. The molecule has 0 unspecified atom stereocenters. The summed E-state index contributed by atoms with van der Waals surface area (Å²) in [5, 5.41) is 10.7. The van der Waals surface area contributed by atoms with Crippen molar-refractivity contribution in [3.63, 3.8) is 0 Å². The van der Waals surface area contributed by atoms with Crippen LogP contribution in [0.1, 0.15) is 36.2 Å². The molecule has 31 heavy (non-hydrogen) atoms. The summed E-state index contributed by atoms with van der Waals surface area (Å²) in [6.45, 7) is 0.182. The van der Waals surface area contributed by atoms with Gasteiger partial charge in [0.1, 0.15) is 12.1 Å². The molecule has 0 radical (unpaired) electrons. The van der Waals surface area contributed by atoms with Crippen molar-refractivity contribution in [2.45, 2.75) is 43.9 Å². The van der Waals surface area contributed by atoms with Gasteiger partial charge in [-0.05, 0) is 31.7 Å². The lowest BCUT2D eigenvalue weighted by Crippen LogP contribution is -2.58. The molecule has 1 saturated carbocycles. The van der Waals surface area contributed by atoms with Crippen molar-refractivity contribution in [1.29, 1.82) is 0 Å². The number of halogens is 3. The van der Waals surface area contributed by atoms with Crippen molar-refractivity contribution < 1.29 is 18.0 Å². The fourth-order valence-corrected chi connectivity index (χ4v) is 4.48. The summed E-state index contributed by atoms with van der Waals surface area (Å²) in [6, 6.07) is 1.96. The molecule has 11 heteroatoms. The average Bonchev–Trinajstić information content (AvgIpc) is 3.38. The van der Waals surface area contributed by atoms with Crippen LogP contribution >= 0.6 is 0 Å². The van der Waals surface area contributed by atoms with E-state index in [0.717, 1.165) is 31.1 Å². The smallest absolute Gasteiger partial charge is 0.348 e. The molecule has 0 spiro atoms. The Kier molecular flexibility index (Phi) is 4.92. The molecule has 1 aliphatic carbocycles. The number of pyridine rings is 1. The number of amides is 1. The summed E-state index contributed by atoms with van der Waals surface area (Å²) < 4.78 is 39.9. The highest BCUT2D eigenvalue weighted by molar-refractivity contribution is 6.04. The van der Waals surface area contributed by atoms with E-state index >= 15 is 0 Å². The minimum Gasteiger partial charge on any atom is -0.348 e. The number of carbonyl (C=O) groups excluding carboxylic acids is 1. The third kappa shape index (κ3) is 3.89. The quantitative estimate of drug-likeness (QED) is 0.660. The van der Waals surface area contributed by atoms with E-state index < -0.39 is 12.1 Å². The lowest BCUT2D eigenvalue weighted by atomic mass is 9.86. The lowest BCUT2D eigenvalue weighted by molar-refractivity contribution is -0.215. The summed E-state index contributed by atoms with van der Waals surface area (Å²) in [5.74, 6) is -0.923. The highest BCUT2D eigenvalue weighted by Gasteiger charge is 2.48. The van der Waals surface area contributed by atoms with Crippen molar-refractivity contribution in [1.82, 2.24) is 34.9 Å². The Labute approximate surface area is 175 Å². The van der Waals surface area contributed by atoms with Gasteiger partial charge in [0.25, 0.3) is 5.91 Å². The predicted molar refractivity (Wildman–Crippen MR) is 106 cm³/mol. The van der Waals surface area contributed by atoms with E-state index in [0.29, 0.717) is 11.3 Å². The molecule has 1 amide bonds. The van der Waals surface area contributed by atoms with Crippen LogP contribution in [0.5, 0.6) is 0 Å². The molecule has 1 saturated heterocycles. The first-order valence-electron chi connectivity index (χ1n) is 10.3. The third-order valence-electron chi connectivity index (χ3n) is 6.32. The maximum atomic E-state index is 13.0. The number of fused-ring (bicyclic) bond motifs is 1. The van der Waals surface area contributed by atoms with E-state index in [1.54, 1.807) is 29.5 Å². The molecule has 3 aromatic heterocycles. The molecule has 4 heterocycles. The Morgan fingerprint density at radius 2 is 1.97 bits per heavy atom. The summed E-state index contributed by atoms with van der Waals surface area (Å²) >= 11 is 0. The van der Waals surface area contributed by atoms with Gasteiger partial charge in [0.05, 0.1) is 17.6 Å². The second-order valence-corrected chi connectivity index (χ2v) is 8.30. The van der Waals surface area contributed by atoms with E-state index in [9.17, 15) is 18.0 Å². The van der Waals surface area contributed by atoms with Crippen LogP contribution in [0.3, 0.4) is 0 Å². The van der Waals surface area contributed by atoms with E-state index in [2.05, 4.69) is 25.5 Å². The van der Waals surface area contributed by atoms with Crippen LogP contribution in [0.4, 0.5) is 13.2 Å². The van der Waals surface area contributed by atoms with Crippen molar-refractivity contribution in [2.24, 2.45) is 5.92 Å². The summed E-state index contributed by atoms with van der Waals surface area (Å²) in [7, 11) is 0. The summed E-state index contributed by atoms with van der Waals surface area (Å²) in [4.78, 5) is 23.4. The summed E-state index contributed by atoms with van der Waals surface area (Å²) in [5.41, 5.74) is 0.824. The van der Waals surface area contributed by atoms with Crippen LogP contribution < -0.4 is 5.32 Å². The molecule has 8 nitrogen and oxygen atoms in total. The van der Waals surface area contributed by atoms with Gasteiger partial charge in [-0.25, -0.2) is 9.97 Å². The Bertz CT molecular complexity index is 1060. The van der Waals surface area contributed by atoms with Gasteiger partial charge in [0, 0.05) is 43.0 Å². The van der Waals surface area contributed by atoms with Crippen LogP contribution in [0.25, 0.3) is 16.7 Å². The fourth-order valence-electron chi connectivity index (χ4n) is 4.48. The lowest BCUT2D eigenvalue weighted by Gasteiger charge is -2.47. The minimum atomic E-state index is -4.10. The highest BCUT2D eigenvalue weighted by atomic mass is 19.4. The van der Waals surface area contributed by atoms with Gasteiger partial charge in [-0.15, -0.1) is 0 Å². The number of nitrogens with zero attached hydrogens (tertiary/aromatic N) is 5. The second kappa shape index (κ2) is 7.63. The van der Waals surface area contributed by atoms with Crippen LogP contribution in [0, 0.1) is 5.92 Å². The number of nitrogens with one attached hydrogen (secondary N) is 2. The molecular formula is C20H22F3N7O. The summed E-state index contributed by atoms with van der Waals surface area (Å²) in [6.07, 6.45) is 5.54. The minimum absolute atomic E-state index is 0.0277. The van der Waals surface area contributed by atoms with Gasteiger partial charge >= 0.3 is 6.18 Å². The van der Waals surface area contributed by atoms with Crippen molar-refractivity contribution in [3.8, 4) is 5.82 Å². The van der Waals surface area contributed by atoms with Crippen molar-refractivity contribution in [3.05, 3.63) is 36.7 Å². The Balaban J connectivity index is 1.23. The normalized spacial score (nSPS) is 23.1. The second-order valence-electron chi connectivity index (χ2n) is 8.30. The van der Waals surface area contributed by atoms with Gasteiger partial charge < -0.3 is 5.32 Å². The zero-order chi connectivity index (χ0) is 21.6. The molecule has 1 aliphatic heterocycles. The molecule has 0 aromatic carbocycles. The molecule has 2 N–H and O–H groups in total. The van der Waals surface area contributed by atoms with Gasteiger partial charge in [-0.1, -0.05) is 0 Å². The number of aromatic nitrogens is 5. The topological polar surface area (TPSA) is 91.7 Å². The standard InChI is InChI=1S/C20H22F3N7O/c21-20(22,23)13-9-30(10-13)15-3-1-14(2-4-15)26-19(31)18-17-12(8-25-28-17)7-16(27-18)29-6-5-24-11-29/h5-8,11,13-15H,1-4,9-10H2,(H,25,28)(H,26,31)/t14-,15-. The molecule has 2 fully saturated rings. The largest absolute Gasteiger partial charge is 0.394 e. The van der Waals surface area contributed by atoms with Gasteiger partial charge in [0.2, 0.25) is 0 Å². The molecule has 5 rings (SSSR count). The number of imidazole rings is 1. The van der Waals surface area contributed by atoms with Crippen molar-refractivity contribution in [2.75, 3.05) is 13.1 Å². The number of alkyl halides is 3. The average molecular weight is 433 g/mol. The third-order valence-corrected chi connectivity index (χ3v) is 6.32. The molecular weight excluding hydrogens is 411 g/mol. The van der Waals surface area contributed by atoms with E-state index in [1.165, 1.54) is 0 Å². The first-order valence-corrected chi connectivity index (χ1v) is 10.3. The van der Waals surface area contributed by atoms with E-state index in [-0.39, 0.29) is 36.8 Å². The Morgan fingerprint density at radius 1 is 1.19 bits per heavy atom. The predicted octanol–water partition coefficient (Wildman–Crippen LogP) is 2.68. The SMILES string of the molecule is O=C(N[C@H]1CC[C@H](N2CC(C(F)(F)F)C2)CC1)c1nc(-n2ccnc2)cc2cn[nH]c12. The first kappa shape index (κ1) is 20.0. The fraction of sp³-hybridized carbons (Fsp3) is 0.500. The van der Waals surface area contributed by atoms with E-state index in [4.69, 9.17) is 0 Å². The van der Waals surface area contributed by atoms with Gasteiger partial charge in [0.15, 0.2) is 5.69 Å². The Hall–Kier alpha value is -2.95. The molecule has 164 valence electrons. The molecule has 0 atom stereocenters. The van der Waals surface area contributed by atoms with Gasteiger partial charge in [-0.3, -0.25) is 19.4 Å². The molecule has 2 aliphatic rings. The van der Waals surface area contributed by atoms with E-state index in [1.807, 2.05) is 11.0 Å². The maximum absolute atomic E-state index is 13.0. The number of aromatic amines is 1. The number of rotatable bonds is 4. The number of likely N-dealkylation sites (tertiary alicyclic amines) is 1. The van der Waals surface area contributed by atoms with Crippen LogP contribution in [0.15, 0.2) is 31.0 Å². The number of hydrogen-bond donors (Lipinski definition) is 2. The Morgan fingerprint density at radius 3 is 2.65 bits per heavy atom. The van der Waals surface area contributed by atoms with Crippen LogP contribution in [-0.4, -0.2) is 66.9 Å². The number of hydrogen-bond acceptors (Lipinski definition) is 5. The monoisotopic (exact) mass is 433 g/mol. The molecule has 3 aromatic rings. The first-order chi connectivity index (χ1) is 14.9. The van der Waals surface area contributed by atoms with Crippen LogP contribution in [0.2, 0.25) is 0 Å². The van der Waals surface area contributed by atoms with Crippen molar-refractivity contribution >= 4 is 16.8 Å². The highest BCUT2D eigenvalue weighted by Crippen LogP contribution is 2.37. The maximum Gasteiger partial charge on any atom is 0.394 e.